The lowest BCUT2D eigenvalue weighted by Gasteiger charge is -2.18. The Morgan fingerprint density at radius 2 is 2.00 bits per heavy atom. The average Bonchev–Trinajstić information content (AvgIpc) is 2.81. The standard InChI is InChI=1S/C16H18Cl2N4O5/c1-4-16(3)14(25)22(15(26)21-16)6-12(24)27-7-11(23)20-13-10(18)5-9(17)8(2)19-13/h5H,4,6-7H2,1-3H3,(H,21,26)(H,19,20,23)/t16-/m1/s1. The highest BCUT2D eigenvalue weighted by Crippen LogP contribution is 2.25. The van der Waals surface area contributed by atoms with Crippen molar-refractivity contribution in [2.45, 2.75) is 32.7 Å². The first kappa shape index (κ1) is 20.9. The molecule has 4 amide bonds. The maximum absolute atomic E-state index is 12.2. The van der Waals surface area contributed by atoms with Crippen molar-refractivity contribution in [3.63, 3.8) is 0 Å². The summed E-state index contributed by atoms with van der Waals surface area (Å²) in [5, 5.41) is 5.38. The van der Waals surface area contributed by atoms with E-state index >= 15 is 0 Å². The molecule has 27 heavy (non-hydrogen) atoms. The molecule has 1 aliphatic heterocycles. The Kier molecular flexibility index (Phi) is 6.27. The Balaban J connectivity index is 1.89. The molecule has 146 valence electrons. The van der Waals surface area contributed by atoms with E-state index in [0.29, 0.717) is 17.1 Å². The lowest BCUT2D eigenvalue weighted by Crippen LogP contribution is -2.43. The average molecular weight is 417 g/mol. The van der Waals surface area contributed by atoms with E-state index in [-0.39, 0.29) is 10.8 Å². The van der Waals surface area contributed by atoms with Gasteiger partial charge in [-0.25, -0.2) is 9.78 Å². The molecule has 0 bridgehead atoms. The number of nitrogens with zero attached hydrogens (tertiary/aromatic N) is 2. The Bertz CT molecular complexity index is 816. The number of anilines is 1. The van der Waals surface area contributed by atoms with Gasteiger partial charge in [0.15, 0.2) is 12.4 Å². The number of halogens is 2. The van der Waals surface area contributed by atoms with Crippen molar-refractivity contribution in [2.24, 2.45) is 0 Å². The molecular weight excluding hydrogens is 399 g/mol. The van der Waals surface area contributed by atoms with Gasteiger partial charge < -0.3 is 15.4 Å². The monoisotopic (exact) mass is 416 g/mol. The number of rotatable bonds is 6. The first-order chi connectivity index (χ1) is 12.6. The number of carbonyl (C=O) groups excluding carboxylic acids is 4. The third kappa shape index (κ3) is 4.67. The van der Waals surface area contributed by atoms with Crippen LogP contribution in [0.25, 0.3) is 0 Å². The van der Waals surface area contributed by atoms with Crippen molar-refractivity contribution < 1.29 is 23.9 Å². The molecule has 2 heterocycles. The number of esters is 1. The van der Waals surface area contributed by atoms with Gasteiger partial charge in [0, 0.05) is 0 Å². The third-order valence-corrected chi connectivity index (χ3v) is 4.74. The number of nitrogens with one attached hydrogen (secondary N) is 2. The molecule has 1 saturated heterocycles. The molecule has 0 radical (unpaired) electrons. The second-order valence-electron chi connectivity index (χ2n) is 6.10. The maximum atomic E-state index is 12.2. The zero-order valence-corrected chi connectivity index (χ0v) is 16.4. The fraction of sp³-hybridized carbons (Fsp3) is 0.438. The number of aromatic nitrogens is 1. The molecular formula is C16H18Cl2N4O5. The highest BCUT2D eigenvalue weighted by atomic mass is 35.5. The molecule has 11 heteroatoms. The van der Waals surface area contributed by atoms with Gasteiger partial charge in [-0.15, -0.1) is 0 Å². The Morgan fingerprint density at radius 3 is 2.59 bits per heavy atom. The summed E-state index contributed by atoms with van der Waals surface area (Å²) < 4.78 is 4.81. The Hall–Kier alpha value is -2.39. The van der Waals surface area contributed by atoms with E-state index in [4.69, 9.17) is 27.9 Å². The number of carbonyl (C=O) groups is 4. The van der Waals surface area contributed by atoms with Gasteiger partial charge in [0.2, 0.25) is 0 Å². The van der Waals surface area contributed by atoms with E-state index in [1.807, 2.05) is 0 Å². The third-order valence-electron chi connectivity index (χ3n) is 4.07. The van der Waals surface area contributed by atoms with Crippen molar-refractivity contribution in [1.29, 1.82) is 0 Å². The number of pyridine rings is 1. The van der Waals surface area contributed by atoms with Crippen LogP contribution in [0, 0.1) is 6.92 Å². The van der Waals surface area contributed by atoms with Gasteiger partial charge >= 0.3 is 12.0 Å². The van der Waals surface area contributed by atoms with E-state index in [2.05, 4.69) is 15.6 Å². The minimum Gasteiger partial charge on any atom is -0.454 e. The van der Waals surface area contributed by atoms with E-state index in [1.54, 1.807) is 20.8 Å². The topological polar surface area (TPSA) is 118 Å². The molecule has 2 N–H and O–H groups in total. The highest BCUT2D eigenvalue weighted by molar-refractivity contribution is 6.36. The number of ether oxygens (including phenoxy) is 1. The van der Waals surface area contributed by atoms with Gasteiger partial charge in [-0.3, -0.25) is 19.3 Å². The fourth-order valence-electron chi connectivity index (χ4n) is 2.27. The fourth-order valence-corrected chi connectivity index (χ4v) is 2.67. The summed E-state index contributed by atoms with van der Waals surface area (Å²) in [7, 11) is 0. The number of imide groups is 1. The summed E-state index contributed by atoms with van der Waals surface area (Å²) in [4.78, 5) is 52.6. The molecule has 1 fully saturated rings. The first-order valence-corrected chi connectivity index (χ1v) is 8.75. The van der Waals surface area contributed by atoms with Crippen molar-refractivity contribution in [2.75, 3.05) is 18.5 Å². The van der Waals surface area contributed by atoms with Crippen molar-refractivity contribution in [3.05, 3.63) is 21.8 Å². The SMILES string of the molecule is CC[C@@]1(C)NC(=O)N(CC(=O)OCC(=O)Nc2nc(C)c(Cl)cc2Cl)C1=O. The largest absolute Gasteiger partial charge is 0.454 e. The van der Waals surface area contributed by atoms with E-state index in [0.717, 1.165) is 4.90 Å². The van der Waals surface area contributed by atoms with Crippen LogP contribution in [-0.2, 0) is 19.1 Å². The number of amides is 4. The molecule has 2 rings (SSSR count). The summed E-state index contributed by atoms with van der Waals surface area (Å²) in [5.74, 6) is -2.04. The molecule has 1 aliphatic rings. The highest BCUT2D eigenvalue weighted by Gasteiger charge is 2.47. The zero-order chi connectivity index (χ0) is 20.4. The maximum Gasteiger partial charge on any atom is 0.326 e. The van der Waals surface area contributed by atoms with Crippen LogP contribution in [-0.4, -0.2) is 52.4 Å². The van der Waals surface area contributed by atoms with Gasteiger partial charge in [-0.2, -0.15) is 0 Å². The Morgan fingerprint density at radius 1 is 1.33 bits per heavy atom. The molecule has 1 aromatic rings. The molecule has 0 aromatic carbocycles. The summed E-state index contributed by atoms with van der Waals surface area (Å²) in [5.41, 5.74) is -0.588. The molecule has 9 nitrogen and oxygen atoms in total. The van der Waals surface area contributed by atoms with E-state index in [1.165, 1.54) is 6.07 Å². The van der Waals surface area contributed by atoms with Crippen LogP contribution in [0.3, 0.4) is 0 Å². The minimum atomic E-state index is -1.05. The molecule has 0 aliphatic carbocycles. The second-order valence-corrected chi connectivity index (χ2v) is 6.92. The normalized spacial score (nSPS) is 19.1. The quantitative estimate of drug-likeness (QED) is 0.539. The zero-order valence-electron chi connectivity index (χ0n) is 14.9. The smallest absolute Gasteiger partial charge is 0.326 e. The molecule has 1 atom stereocenters. The minimum absolute atomic E-state index is 0.0763. The number of urea groups is 1. The van der Waals surface area contributed by atoms with Crippen LogP contribution in [0.15, 0.2) is 6.07 Å². The van der Waals surface area contributed by atoms with Gasteiger partial charge in [-0.05, 0) is 26.3 Å². The predicted molar refractivity (Wildman–Crippen MR) is 97.5 cm³/mol. The summed E-state index contributed by atoms with van der Waals surface area (Å²) >= 11 is 11.8. The lowest BCUT2D eigenvalue weighted by atomic mass is 9.99. The van der Waals surface area contributed by atoms with Crippen LogP contribution in [0.1, 0.15) is 26.0 Å². The number of hydrogen-bond donors (Lipinski definition) is 2. The molecule has 1 aromatic heterocycles. The number of hydrogen-bond acceptors (Lipinski definition) is 6. The molecule has 0 saturated carbocycles. The van der Waals surface area contributed by atoms with Crippen LogP contribution < -0.4 is 10.6 Å². The van der Waals surface area contributed by atoms with Gasteiger partial charge in [-0.1, -0.05) is 30.1 Å². The van der Waals surface area contributed by atoms with E-state index < -0.39 is 42.5 Å². The summed E-state index contributed by atoms with van der Waals surface area (Å²) in [6.07, 6.45) is 0.375. The second kappa shape index (κ2) is 8.10. The van der Waals surface area contributed by atoms with Gasteiger partial charge in [0.1, 0.15) is 12.1 Å². The molecule has 0 unspecified atom stereocenters. The van der Waals surface area contributed by atoms with Crippen LogP contribution in [0.2, 0.25) is 10.0 Å². The number of aryl methyl sites for hydroxylation is 1. The van der Waals surface area contributed by atoms with Crippen molar-refractivity contribution in [3.8, 4) is 0 Å². The van der Waals surface area contributed by atoms with E-state index in [9.17, 15) is 19.2 Å². The first-order valence-electron chi connectivity index (χ1n) is 7.99. The van der Waals surface area contributed by atoms with Crippen LogP contribution in [0.4, 0.5) is 10.6 Å². The summed E-state index contributed by atoms with van der Waals surface area (Å²) in [6, 6.07) is 0.744. The van der Waals surface area contributed by atoms with Crippen LogP contribution >= 0.6 is 23.2 Å². The summed E-state index contributed by atoms with van der Waals surface area (Å²) in [6.45, 7) is 3.72. The van der Waals surface area contributed by atoms with Crippen LogP contribution in [0.5, 0.6) is 0 Å². The molecule has 0 spiro atoms. The van der Waals surface area contributed by atoms with Crippen molar-refractivity contribution in [1.82, 2.24) is 15.2 Å². The van der Waals surface area contributed by atoms with Gasteiger partial charge in [0.05, 0.1) is 15.7 Å². The predicted octanol–water partition coefficient (Wildman–Crippen LogP) is 1.90. The lowest BCUT2D eigenvalue weighted by molar-refractivity contribution is -0.150. The Labute approximate surface area is 165 Å². The van der Waals surface area contributed by atoms with Crippen molar-refractivity contribution >= 4 is 52.8 Å². The van der Waals surface area contributed by atoms with Gasteiger partial charge in [0.25, 0.3) is 11.8 Å².